The van der Waals surface area contributed by atoms with Crippen LogP contribution >= 0.6 is 11.3 Å². The molecule has 2 heterocycles. The maximum atomic E-state index is 13.0. The minimum absolute atomic E-state index is 0.375. The molecule has 4 unspecified atom stereocenters. The molecule has 0 spiro atoms. The van der Waals surface area contributed by atoms with E-state index in [-0.39, 0.29) is 5.97 Å². The molecular formula is C24H24O3S. The summed E-state index contributed by atoms with van der Waals surface area (Å²) in [6.07, 6.45) is 6.66. The van der Waals surface area contributed by atoms with Crippen LogP contribution in [-0.2, 0) is 14.3 Å². The van der Waals surface area contributed by atoms with Crippen LogP contribution in [0.15, 0.2) is 33.5 Å². The number of rotatable bonds is 1. The van der Waals surface area contributed by atoms with Gasteiger partial charge in [0.1, 0.15) is 0 Å². The Morgan fingerprint density at radius 1 is 0.964 bits per heavy atom. The van der Waals surface area contributed by atoms with E-state index in [9.17, 15) is 9.59 Å². The largest absolute Gasteiger partial charge is 0.386 e. The van der Waals surface area contributed by atoms with E-state index in [1.165, 1.54) is 37.7 Å². The van der Waals surface area contributed by atoms with E-state index in [1.54, 1.807) is 11.3 Å². The van der Waals surface area contributed by atoms with E-state index in [2.05, 4.69) is 5.38 Å². The van der Waals surface area contributed by atoms with Crippen LogP contribution in [0.2, 0.25) is 0 Å². The first kappa shape index (κ1) is 16.2. The van der Waals surface area contributed by atoms with Gasteiger partial charge in [-0.15, -0.1) is 0 Å². The summed E-state index contributed by atoms with van der Waals surface area (Å²) in [5.74, 6) is 5.37. The number of ether oxygens (including phenoxy) is 1. The minimum Gasteiger partial charge on any atom is -0.386 e. The second-order valence-electron chi connectivity index (χ2n) is 10.1. The lowest BCUT2D eigenvalue weighted by Crippen LogP contribution is -2.63. The maximum Gasteiger partial charge on any atom is 0.347 e. The average molecular weight is 393 g/mol. The highest BCUT2D eigenvalue weighted by Gasteiger charge is 2.66. The summed E-state index contributed by atoms with van der Waals surface area (Å²) in [4.78, 5) is 25.7. The smallest absolute Gasteiger partial charge is 0.347 e. The Balaban J connectivity index is 1.45. The molecule has 9 rings (SSSR count). The van der Waals surface area contributed by atoms with Gasteiger partial charge in [-0.1, -0.05) is 0 Å². The number of esters is 2. The number of carbonyl (C=O) groups is 2. The van der Waals surface area contributed by atoms with Gasteiger partial charge in [0.25, 0.3) is 0 Å². The molecule has 1 aromatic heterocycles. The summed E-state index contributed by atoms with van der Waals surface area (Å²) >= 11 is 1.62. The van der Waals surface area contributed by atoms with Crippen LogP contribution in [0, 0.1) is 47.3 Å². The van der Waals surface area contributed by atoms with E-state index < -0.39 is 5.97 Å². The average Bonchev–Trinajstić information content (AvgIpc) is 3.32. The first-order chi connectivity index (χ1) is 13.6. The number of allylic oxidation sites excluding steroid dienone is 2. The summed E-state index contributed by atoms with van der Waals surface area (Å²) in [5, 5.41) is 4.08. The van der Waals surface area contributed by atoms with Crippen molar-refractivity contribution in [3.8, 4) is 0 Å². The van der Waals surface area contributed by atoms with E-state index in [0.29, 0.717) is 23.0 Å². The van der Waals surface area contributed by atoms with Gasteiger partial charge < -0.3 is 4.74 Å². The molecule has 8 aliphatic rings. The quantitative estimate of drug-likeness (QED) is 0.390. The summed E-state index contributed by atoms with van der Waals surface area (Å²) in [6, 6.07) is 2.03. The van der Waals surface area contributed by atoms with Crippen LogP contribution in [0.3, 0.4) is 0 Å². The van der Waals surface area contributed by atoms with Crippen LogP contribution in [0.4, 0.5) is 0 Å². The third-order valence-electron chi connectivity index (χ3n) is 9.31. The molecule has 1 saturated heterocycles. The molecule has 0 N–H and O–H groups in total. The second-order valence-corrected chi connectivity index (χ2v) is 10.9. The van der Waals surface area contributed by atoms with E-state index in [1.807, 2.05) is 18.4 Å². The van der Waals surface area contributed by atoms with Crippen LogP contribution in [0.25, 0.3) is 5.57 Å². The van der Waals surface area contributed by atoms with Gasteiger partial charge in [0, 0.05) is 0 Å². The molecule has 144 valence electrons. The van der Waals surface area contributed by atoms with Gasteiger partial charge in [0.05, 0.1) is 11.1 Å². The molecule has 8 bridgehead atoms. The van der Waals surface area contributed by atoms with Crippen molar-refractivity contribution in [3.05, 3.63) is 39.1 Å². The molecule has 0 amide bonds. The van der Waals surface area contributed by atoms with Crippen LogP contribution < -0.4 is 0 Å². The van der Waals surface area contributed by atoms with Crippen molar-refractivity contribution in [1.29, 1.82) is 0 Å². The Kier molecular flexibility index (Phi) is 3.04. The lowest BCUT2D eigenvalue weighted by Gasteiger charge is -2.70. The van der Waals surface area contributed by atoms with Crippen LogP contribution in [0.1, 0.15) is 44.6 Å². The Labute approximate surface area is 168 Å². The topological polar surface area (TPSA) is 43.4 Å². The first-order valence-electron chi connectivity index (χ1n) is 10.9. The van der Waals surface area contributed by atoms with Gasteiger partial charge in [0.2, 0.25) is 0 Å². The van der Waals surface area contributed by atoms with E-state index in [0.717, 1.165) is 46.6 Å². The first-order valence-corrected chi connectivity index (χ1v) is 11.8. The SMILES string of the molecule is CC(=C1C(=O)OC(=O)C1=C1C2C[C@H]3C4CC5C[C@@H]3C1[C@H](C5)[C@H]4C2)c1ccsc1. The van der Waals surface area contributed by atoms with E-state index in [4.69, 9.17) is 4.74 Å². The van der Waals surface area contributed by atoms with Crippen molar-refractivity contribution in [2.24, 2.45) is 47.3 Å². The third kappa shape index (κ3) is 1.82. The Bertz CT molecular complexity index is 959. The number of cyclic esters (lactones) is 2. The number of hydrogen-bond donors (Lipinski definition) is 0. The summed E-state index contributed by atoms with van der Waals surface area (Å²) in [6.45, 7) is 1.98. The Hall–Kier alpha value is -1.68. The van der Waals surface area contributed by atoms with Gasteiger partial charge in [-0.25, -0.2) is 9.59 Å². The molecule has 0 radical (unpaired) electrons. The normalized spacial score (nSPS) is 49.3. The number of hydrogen-bond acceptors (Lipinski definition) is 4. The zero-order chi connectivity index (χ0) is 18.7. The highest BCUT2D eigenvalue weighted by Crippen LogP contribution is 2.73. The molecule has 28 heavy (non-hydrogen) atoms. The summed E-state index contributed by atoms with van der Waals surface area (Å²) < 4.78 is 5.22. The van der Waals surface area contributed by atoms with Crippen molar-refractivity contribution in [2.75, 3.05) is 0 Å². The molecule has 4 heteroatoms. The lowest BCUT2D eigenvalue weighted by atomic mass is 9.34. The fourth-order valence-corrected chi connectivity index (χ4v) is 9.37. The van der Waals surface area contributed by atoms with Crippen molar-refractivity contribution in [3.63, 3.8) is 0 Å². The molecular weight excluding hydrogens is 368 g/mol. The van der Waals surface area contributed by atoms with Crippen molar-refractivity contribution >= 4 is 28.8 Å². The Morgan fingerprint density at radius 3 is 2.32 bits per heavy atom. The van der Waals surface area contributed by atoms with Gasteiger partial charge >= 0.3 is 11.9 Å². The molecule has 8 fully saturated rings. The standard InChI is InChI=1S/C24H24O3S/c1-10(12-2-3-28-9-12)19-22(24(26)27-23(19)25)20-13-7-15-14-4-11-5-17(15)21(20)18(6-11)16(14)8-13/h2-3,9,11,13-18,21H,4-8H2,1H3/t11?,13?,14?,15-,16-,17-,18+,21?/m0/s1. The highest BCUT2D eigenvalue weighted by molar-refractivity contribution is 7.08. The fraction of sp³-hybridized carbons (Fsp3) is 0.583. The molecule has 3 nitrogen and oxygen atoms in total. The molecule has 0 aromatic carbocycles. The van der Waals surface area contributed by atoms with Crippen molar-refractivity contribution in [1.82, 2.24) is 0 Å². The van der Waals surface area contributed by atoms with E-state index >= 15 is 0 Å². The zero-order valence-corrected chi connectivity index (χ0v) is 16.8. The van der Waals surface area contributed by atoms with Crippen LogP contribution in [0.5, 0.6) is 0 Å². The molecule has 7 saturated carbocycles. The summed E-state index contributed by atoms with van der Waals surface area (Å²) in [7, 11) is 0. The number of thiophene rings is 1. The number of carbonyl (C=O) groups excluding carboxylic acids is 2. The second kappa shape index (κ2) is 5.27. The lowest BCUT2D eigenvalue weighted by molar-refractivity contribution is -0.177. The van der Waals surface area contributed by atoms with Gasteiger partial charge in [-0.2, -0.15) is 11.3 Å². The maximum absolute atomic E-state index is 13.0. The minimum atomic E-state index is -0.432. The zero-order valence-electron chi connectivity index (χ0n) is 16.0. The molecule has 1 aliphatic heterocycles. The third-order valence-corrected chi connectivity index (χ3v) is 10.00. The monoisotopic (exact) mass is 392 g/mol. The van der Waals surface area contributed by atoms with Crippen molar-refractivity contribution < 1.29 is 14.3 Å². The van der Waals surface area contributed by atoms with Crippen molar-refractivity contribution in [2.45, 2.75) is 39.0 Å². The highest BCUT2D eigenvalue weighted by atomic mass is 32.1. The predicted molar refractivity (Wildman–Crippen MR) is 106 cm³/mol. The molecule has 7 aliphatic carbocycles. The fourth-order valence-electron chi connectivity index (χ4n) is 8.66. The molecule has 8 atom stereocenters. The predicted octanol–water partition coefficient (Wildman–Crippen LogP) is 4.85. The van der Waals surface area contributed by atoms with Gasteiger partial charge in [-0.3, -0.25) is 0 Å². The molecule has 1 aromatic rings. The Morgan fingerprint density at radius 2 is 1.64 bits per heavy atom. The van der Waals surface area contributed by atoms with Crippen LogP contribution in [-0.4, -0.2) is 11.9 Å². The van der Waals surface area contributed by atoms with Gasteiger partial charge in [-0.05, 0) is 120 Å². The summed E-state index contributed by atoms with van der Waals surface area (Å²) in [5.41, 5.74) is 4.51. The van der Waals surface area contributed by atoms with Gasteiger partial charge in [0.15, 0.2) is 0 Å².